The van der Waals surface area contributed by atoms with Crippen LogP contribution in [0.15, 0.2) is 33.4 Å². The largest absolute Gasteiger partial charge is 0.550 e. The van der Waals surface area contributed by atoms with Gasteiger partial charge in [0.2, 0.25) is 5.91 Å². The van der Waals surface area contributed by atoms with Gasteiger partial charge in [0.25, 0.3) is 0 Å². The van der Waals surface area contributed by atoms with Crippen molar-refractivity contribution in [3.05, 3.63) is 34.7 Å². The Morgan fingerprint density at radius 3 is 2.38 bits per heavy atom. The van der Waals surface area contributed by atoms with Crippen LogP contribution in [0.3, 0.4) is 0 Å². The number of carboxylic acid groups (broad SMARTS) is 1. The first-order valence-corrected chi connectivity index (χ1v) is 6.99. The van der Waals surface area contributed by atoms with Crippen LogP contribution in [-0.4, -0.2) is 17.8 Å². The van der Waals surface area contributed by atoms with Gasteiger partial charge in [-0.15, -0.1) is 0 Å². The second-order valence-corrected chi connectivity index (χ2v) is 5.30. The fourth-order valence-electron chi connectivity index (χ4n) is 2.07. The Labute approximate surface area is 128 Å². The fourth-order valence-corrected chi connectivity index (χ4v) is 2.38. The van der Waals surface area contributed by atoms with Crippen LogP contribution in [0.4, 0.5) is 0 Å². The van der Waals surface area contributed by atoms with Gasteiger partial charge in [0.1, 0.15) is 0 Å². The van der Waals surface area contributed by atoms with Gasteiger partial charge in [-0.25, -0.2) is 0 Å². The lowest BCUT2D eigenvalue weighted by molar-refractivity contribution is -0.313. The van der Waals surface area contributed by atoms with Crippen LogP contribution in [0.25, 0.3) is 0 Å². The molecule has 0 fully saturated rings. The third-order valence-electron chi connectivity index (χ3n) is 3.17. The molecule has 0 saturated carbocycles. The standard InChI is InChI=1S/C13H13BrN2O5/c14-10-6-5-9(21-10)12(18)16-15-11(17)7-3-1-2-4-8(7)13(19)20/h1-2,5-8H,3-4H2,(H,15,17)(H,16,18)(H,19,20)/p-1/t7-,8+/m1/s1. The second-order valence-electron chi connectivity index (χ2n) is 4.52. The van der Waals surface area contributed by atoms with Crippen molar-refractivity contribution in [1.29, 1.82) is 0 Å². The smallest absolute Gasteiger partial charge is 0.305 e. The molecule has 0 unspecified atom stereocenters. The van der Waals surface area contributed by atoms with E-state index in [1.165, 1.54) is 12.1 Å². The van der Waals surface area contributed by atoms with Crippen molar-refractivity contribution >= 4 is 33.7 Å². The zero-order chi connectivity index (χ0) is 15.4. The van der Waals surface area contributed by atoms with Gasteiger partial charge in [0.05, 0.1) is 5.92 Å². The van der Waals surface area contributed by atoms with Crippen LogP contribution in [-0.2, 0) is 9.59 Å². The van der Waals surface area contributed by atoms with Gasteiger partial charge in [-0.2, -0.15) is 0 Å². The number of carbonyl (C=O) groups is 3. The molecule has 0 radical (unpaired) electrons. The van der Waals surface area contributed by atoms with Gasteiger partial charge in [-0.05, 0) is 40.9 Å². The molecule has 2 rings (SSSR count). The van der Waals surface area contributed by atoms with Gasteiger partial charge in [0.15, 0.2) is 10.4 Å². The summed E-state index contributed by atoms with van der Waals surface area (Å²) in [6.07, 6.45) is 3.95. The van der Waals surface area contributed by atoms with Crippen molar-refractivity contribution < 1.29 is 23.9 Å². The topological polar surface area (TPSA) is 111 Å². The van der Waals surface area contributed by atoms with Gasteiger partial charge < -0.3 is 14.3 Å². The van der Waals surface area contributed by atoms with E-state index in [0.717, 1.165) is 0 Å². The van der Waals surface area contributed by atoms with E-state index in [9.17, 15) is 19.5 Å². The number of allylic oxidation sites excluding steroid dienone is 2. The maximum Gasteiger partial charge on any atom is 0.305 e. The molecule has 2 amide bonds. The van der Waals surface area contributed by atoms with Gasteiger partial charge in [0, 0.05) is 11.9 Å². The first kappa shape index (κ1) is 15.3. The van der Waals surface area contributed by atoms with Crippen molar-refractivity contribution in [3.8, 4) is 0 Å². The number of hydrogen-bond donors (Lipinski definition) is 2. The summed E-state index contributed by atoms with van der Waals surface area (Å²) in [5.41, 5.74) is 4.38. The first-order chi connectivity index (χ1) is 9.99. The summed E-state index contributed by atoms with van der Waals surface area (Å²) in [5, 5.41) is 11.0. The molecule has 112 valence electrons. The van der Waals surface area contributed by atoms with Crippen LogP contribution in [0.2, 0.25) is 0 Å². The summed E-state index contributed by atoms with van der Waals surface area (Å²) in [7, 11) is 0. The Morgan fingerprint density at radius 1 is 1.14 bits per heavy atom. The monoisotopic (exact) mass is 355 g/mol. The van der Waals surface area contributed by atoms with Crippen molar-refractivity contribution in [2.75, 3.05) is 0 Å². The van der Waals surface area contributed by atoms with E-state index in [0.29, 0.717) is 4.67 Å². The Kier molecular flexibility index (Phi) is 4.79. The average molecular weight is 356 g/mol. The lowest BCUT2D eigenvalue weighted by Crippen LogP contribution is -2.49. The molecule has 0 saturated heterocycles. The van der Waals surface area contributed by atoms with Gasteiger partial charge >= 0.3 is 5.91 Å². The molecule has 8 heteroatoms. The molecule has 7 nitrogen and oxygen atoms in total. The highest BCUT2D eigenvalue weighted by Crippen LogP contribution is 2.25. The lowest BCUT2D eigenvalue weighted by Gasteiger charge is -2.28. The SMILES string of the molecule is O=C(NNC(=O)[C@@H]1CC=CC[C@@H]1C(=O)[O-])c1ccc(Br)o1. The predicted octanol–water partition coefficient (Wildman–Crippen LogP) is 0.135. The molecule has 1 aliphatic carbocycles. The molecule has 1 aliphatic rings. The number of amides is 2. The molecule has 2 atom stereocenters. The molecule has 2 N–H and O–H groups in total. The number of carbonyl (C=O) groups excluding carboxylic acids is 3. The van der Waals surface area contributed by atoms with E-state index in [-0.39, 0.29) is 18.6 Å². The van der Waals surface area contributed by atoms with Crippen molar-refractivity contribution in [3.63, 3.8) is 0 Å². The molecule has 0 aromatic carbocycles. The third kappa shape index (κ3) is 3.72. The maximum atomic E-state index is 12.0. The van der Waals surface area contributed by atoms with E-state index >= 15 is 0 Å². The summed E-state index contributed by atoms with van der Waals surface area (Å²) in [5.74, 6) is -4.14. The molecule has 1 aromatic rings. The molecule has 21 heavy (non-hydrogen) atoms. The zero-order valence-corrected chi connectivity index (χ0v) is 12.4. The van der Waals surface area contributed by atoms with Crippen LogP contribution >= 0.6 is 15.9 Å². The number of nitrogens with one attached hydrogen (secondary N) is 2. The zero-order valence-electron chi connectivity index (χ0n) is 10.8. The van der Waals surface area contributed by atoms with Gasteiger partial charge in [-0.1, -0.05) is 12.2 Å². The number of aliphatic carboxylic acids is 1. The van der Waals surface area contributed by atoms with Crippen LogP contribution < -0.4 is 16.0 Å². The third-order valence-corrected chi connectivity index (χ3v) is 3.59. The molecule has 1 aromatic heterocycles. The Balaban J connectivity index is 1.93. The summed E-state index contributed by atoms with van der Waals surface area (Å²) < 4.78 is 5.40. The normalized spacial score (nSPS) is 20.8. The van der Waals surface area contributed by atoms with E-state index in [1.54, 1.807) is 12.2 Å². The Hall–Kier alpha value is -2.09. The van der Waals surface area contributed by atoms with Crippen molar-refractivity contribution in [1.82, 2.24) is 10.9 Å². The minimum absolute atomic E-state index is 0.0159. The Morgan fingerprint density at radius 2 is 1.81 bits per heavy atom. The summed E-state index contributed by atoms with van der Waals surface area (Å²) in [6, 6.07) is 2.97. The molecule has 0 spiro atoms. The molecular weight excluding hydrogens is 344 g/mol. The summed E-state index contributed by atoms with van der Waals surface area (Å²) in [4.78, 5) is 34.6. The summed E-state index contributed by atoms with van der Waals surface area (Å²) >= 11 is 3.05. The minimum atomic E-state index is -1.28. The van der Waals surface area contributed by atoms with Crippen molar-refractivity contribution in [2.45, 2.75) is 12.8 Å². The van der Waals surface area contributed by atoms with Crippen LogP contribution in [0, 0.1) is 11.8 Å². The van der Waals surface area contributed by atoms with Crippen LogP contribution in [0.1, 0.15) is 23.4 Å². The second kappa shape index (κ2) is 6.57. The van der Waals surface area contributed by atoms with E-state index < -0.39 is 29.6 Å². The molecule has 1 heterocycles. The van der Waals surface area contributed by atoms with E-state index in [1.807, 2.05) is 0 Å². The lowest BCUT2D eigenvalue weighted by atomic mass is 9.82. The highest BCUT2D eigenvalue weighted by Gasteiger charge is 2.30. The fraction of sp³-hybridized carbons (Fsp3) is 0.308. The number of hydrazine groups is 1. The summed E-state index contributed by atoms with van der Waals surface area (Å²) in [6.45, 7) is 0. The highest BCUT2D eigenvalue weighted by molar-refractivity contribution is 9.10. The number of halogens is 1. The number of rotatable bonds is 3. The molecule has 0 bridgehead atoms. The number of hydrogen-bond acceptors (Lipinski definition) is 5. The molecular formula is C13H12BrN2O5-. The Bertz CT molecular complexity index is 595. The van der Waals surface area contributed by atoms with Crippen molar-refractivity contribution in [2.24, 2.45) is 11.8 Å². The average Bonchev–Trinajstić information content (AvgIpc) is 2.91. The first-order valence-electron chi connectivity index (χ1n) is 6.20. The number of furan rings is 1. The highest BCUT2D eigenvalue weighted by atomic mass is 79.9. The van der Waals surface area contributed by atoms with Crippen LogP contribution in [0.5, 0.6) is 0 Å². The molecule has 0 aliphatic heterocycles. The minimum Gasteiger partial charge on any atom is -0.550 e. The quantitative estimate of drug-likeness (QED) is 0.591. The maximum absolute atomic E-state index is 12.0. The van der Waals surface area contributed by atoms with E-state index in [2.05, 4.69) is 26.8 Å². The van der Waals surface area contributed by atoms with E-state index in [4.69, 9.17) is 4.42 Å². The number of carboxylic acids is 1. The van der Waals surface area contributed by atoms with Gasteiger partial charge in [-0.3, -0.25) is 20.4 Å². The predicted molar refractivity (Wildman–Crippen MR) is 72.4 cm³/mol.